The van der Waals surface area contributed by atoms with Crippen LogP contribution in [0.5, 0.6) is 0 Å². The average Bonchev–Trinajstić information content (AvgIpc) is 3.26. The van der Waals surface area contributed by atoms with Crippen molar-refractivity contribution < 1.29 is 9.53 Å². The number of esters is 1. The van der Waals surface area contributed by atoms with Gasteiger partial charge in [0.15, 0.2) is 0 Å². The maximum absolute atomic E-state index is 12.7. The number of carbonyl (C=O) groups excluding carboxylic acids is 1. The molecule has 0 N–H and O–H groups in total. The van der Waals surface area contributed by atoms with E-state index in [1.165, 1.54) is 51.4 Å². The number of hydrogen-bond acceptors (Lipinski definition) is 3. The number of rotatable bonds is 8. The lowest BCUT2D eigenvalue weighted by atomic mass is 9.47. The van der Waals surface area contributed by atoms with Crippen LogP contribution >= 0.6 is 0 Å². The fourth-order valence-electron chi connectivity index (χ4n) is 10.2. The largest absolute Gasteiger partial charge is 0.458 e. The molecule has 0 radical (unpaired) electrons. The van der Waals surface area contributed by atoms with E-state index in [1.54, 1.807) is 30.1 Å². The van der Waals surface area contributed by atoms with Gasteiger partial charge in [-0.3, -0.25) is 4.98 Å². The number of pyridine rings is 1. The van der Waals surface area contributed by atoms with Crippen LogP contribution in [0.3, 0.4) is 0 Å². The maximum atomic E-state index is 12.7. The summed E-state index contributed by atoms with van der Waals surface area (Å²) in [6.07, 6.45) is 20.1. The highest BCUT2D eigenvalue weighted by atomic mass is 16.5. The smallest absolute Gasteiger partial charge is 0.339 e. The number of hydrogen-bond donors (Lipinski definition) is 0. The zero-order valence-electron chi connectivity index (χ0n) is 25.0. The van der Waals surface area contributed by atoms with E-state index >= 15 is 0 Å². The standard InChI is InChI=1S/C35H53NO2/c1-7-25(19-23(2)3)20-24(4)30-12-13-31-29-11-10-27-21-28(38-33(37)26-9-8-18-36-22-26)14-16-34(27,5)32(29)15-17-35(30,31)6/h8-10,18,22-25,28-32H,7,11-17,19-21H2,1-6H3/t24-,25-,28-,29-,30+,31-,32-,34-,35+/m0/s1. The van der Waals surface area contributed by atoms with Gasteiger partial charge in [0.1, 0.15) is 6.10 Å². The van der Waals surface area contributed by atoms with Gasteiger partial charge in [0.25, 0.3) is 0 Å². The van der Waals surface area contributed by atoms with Crippen molar-refractivity contribution in [3.05, 3.63) is 41.7 Å². The summed E-state index contributed by atoms with van der Waals surface area (Å²) in [5, 5.41) is 0. The van der Waals surface area contributed by atoms with Crippen molar-refractivity contribution in [2.24, 2.45) is 52.3 Å². The molecule has 0 amide bonds. The Morgan fingerprint density at radius 2 is 1.89 bits per heavy atom. The first-order valence-electron chi connectivity index (χ1n) is 16.0. The van der Waals surface area contributed by atoms with E-state index in [-0.39, 0.29) is 17.5 Å². The number of nitrogens with zero attached hydrogens (tertiary/aromatic N) is 1. The summed E-state index contributed by atoms with van der Waals surface area (Å²) in [4.78, 5) is 16.8. The van der Waals surface area contributed by atoms with Crippen LogP contribution in [0.4, 0.5) is 0 Å². The first kappa shape index (κ1) is 27.9. The molecule has 5 rings (SSSR count). The average molecular weight is 520 g/mol. The fourth-order valence-corrected chi connectivity index (χ4v) is 10.2. The van der Waals surface area contributed by atoms with E-state index in [0.29, 0.717) is 11.0 Å². The molecule has 210 valence electrons. The van der Waals surface area contributed by atoms with Crippen molar-refractivity contribution in [2.75, 3.05) is 0 Å². The molecule has 9 atom stereocenters. The first-order chi connectivity index (χ1) is 18.2. The van der Waals surface area contributed by atoms with Crippen molar-refractivity contribution in [1.82, 2.24) is 4.98 Å². The van der Waals surface area contributed by atoms with E-state index in [4.69, 9.17) is 4.74 Å². The highest BCUT2D eigenvalue weighted by Crippen LogP contribution is 2.67. The molecule has 1 heterocycles. The molecule has 0 aliphatic heterocycles. The third kappa shape index (κ3) is 5.13. The first-order valence-corrected chi connectivity index (χ1v) is 16.0. The lowest BCUT2D eigenvalue weighted by molar-refractivity contribution is -0.0602. The van der Waals surface area contributed by atoms with Crippen molar-refractivity contribution in [1.29, 1.82) is 0 Å². The second kappa shape index (κ2) is 11.1. The molecule has 4 aliphatic carbocycles. The zero-order valence-corrected chi connectivity index (χ0v) is 25.0. The number of fused-ring (bicyclic) bond motifs is 5. The summed E-state index contributed by atoms with van der Waals surface area (Å²) in [5.74, 6) is 5.75. The van der Waals surface area contributed by atoms with Gasteiger partial charge >= 0.3 is 5.97 Å². The topological polar surface area (TPSA) is 39.2 Å². The van der Waals surface area contributed by atoms with Gasteiger partial charge in [-0.15, -0.1) is 0 Å². The van der Waals surface area contributed by atoms with Gasteiger partial charge in [-0.2, -0.15) is 0 Å². The van der Waals surface area contributed by atoms with Crippen molar-refractivity contribution in [3.8, 4) is 0 Å². The Bertz CT molecular complexity index is 1000. The Kier molecular flexibility index (Phi) is 8.14. The third-order valence-corrected chi connectivity index (χ3v) is 12.1. The van der Waals surface area contributed by atoms with Crippen LogP contribution in [0.25, 0.3) is 0 Å². The summed E-state index contributed by atoms with van der Waals surface area (Å²) < 4.78 is 5.98. The monoisotopic (exact) mass is 519 g/mol. The van der Waals surface area contributed by atoms with Crippen LogP contribution in [-0.2, 0) is 4.74 Å². The van der Waals surface area contributed by atoms with Crippen LogP contribution in [0.1, 0.15) is 123 Å². The second-order valence-corrected chi connectivity index (χ2v) is 14.6. The van der Waals surface area contributed by atoms with Crippen molar-refractivity contribution >= 4 is 5.97 Å². The van der Waals surface area contributed by atoms with E-state index in [1.807, 2.05) is 0 Å². The minimum atomic E-state index is -0.223. The minimum absolute atomic E-state index is 0.00139. The van der Waals surface area contributed by atoms with Crippen LogP contribution in [0.2, 0.25) is 0 Å². The summed E-state index contributed by atoms with van der Waals surface area (Å²) in [6.45, 7) is 15.1. The van der Waals surface area contributed by atoms with Gasteiger partial charge in [0, 0.05) is 18.8 Å². The van der Waals surface area contributed by atoms with Gasteiger partial charge in [-0.25, -0.2) is 4.79 Å². The summed E-state index contributed by atoms with van der Waals surface area (Å²) in [5.41, 5.74) is 2.95. The number of carbonyl (C=O) groups is 1. The van der Waals surface area contributed by atoms with E-state index in [9.17, 15) is 4.79 Å². The Morgan fingerprint density at radius 3 is 2.61 bits per heavy atom. The Morgan fingerprint density at radius 1 is 1.08 bits per heavy atom. The number of aromatic nitrogens is 1. The van der Waals surface area contributed by atoms with Crippen LogP contribution in [0.15, 0.2) is 36.2 Å². The van der Waals surface area contributed by atoms with Gasteiger partial charge in [-0.1, -0.05) is 59.6 Å². The molecular weight excluding hydrogens is 466 g/mol. The Labute approximate surface area is 232 Å². The van der Waals surface area contributed by atoms with Gasteiger partial charge in [0.2, 0.25) is 0 Å². The van der Waals surface area contributed by atoms with E-state index < -0.39 is 0 Å². The molecular formula is C35H53NO2. The molecule has 4 aliphatic rings. The van der Waals surface area contributed by atoms with Crippen molar-refractivity contribution in [3.63, 3.8) is 0 Å². The molecule has 0 spiro atoms. The molecule has 3 heteroatoms. The molecule has 1 aromatic rings. The Hall–Kier alpha value is -1.64. The third-order valence-electron chi connectivity index (χ3n) is 12.1. The lowest BCUT2D eigenvalue weighted by Gasteiger charge is -2.58. The number of allylic oxidation sites excluding steroid dienone is 1. The molecule has 0 saturated heterocycles. The molecule has 3 fully saturated rings. The van der Waals surface area contributed by atoms with Gasteiger partial charge in [0.05, 0.1) is 5.56 Å². The van der Waals surface area contributed by atoms with Gasteiger partial charge in [-0.05, 0) is 122 Å². The quantitative estimate of drug-likeness (QED) is 0.254. The van der Waals surface area contributed by atoms with Gasteiger partial charge < -0.3 is 4.74 Å². The minimum Gasteiger partial charge on any atom is -0.458 e. The molecule has 38 heavy (non-hydrogen) atoms. The zero-order chi connectivity index (χ0) is 27.1. The Balaban J connectivity index is 1.26. The van der Waals surface area contributed by atoms with Crippen molar-refractivity contribution in [2.45, 2.75) is 118 Å². The summed E-state index contributed by atoms with van der Waals surface area (Å²) in [6, 6.07) is 3.60. The predicted octanol–water partition coefficient (Wildman–Crippen LogP) is 9.28. The molecule has 0 aromatic carbocycles. The SMILES string of the molecule is CC[C@@H](CC(C)C)C[C@H](C)[C@H]1CC[C@H]2[C@@H]3CC=C4C[C@@H](OC(=O)c5cccnc5)CC[C@]4(C)[C@H]3CC[C@]12C. The number of ether oxygens (including phenoxy) is 1. The van der Waals surface area contributed by atoms with Crippen LogP contribution in [-0.4, -0.2) is 17.1 Å². The predicted molar refractivity (Wildman–Crippen MR) is 156 cm³/mol. The molecule has 0 unspecified atom stereocenters. The molecule has 3 nitrogen and oxygen atoms in total. The highest BCUT2D eigenvalue weighted by Gasteiger charge is 2.59. The van der Waals surface area contributed by atoms with Crippen LogP contribution in [0, 0.1) is 52.3 Å². The van der Waals surface area contributed by atoms with E-state index in [2.05, 4.69) is 52.6 Å². The lowest BCUT2D eigenvalue weighted by Crippen LogP contribution is -2.51. The molecule has 0 bridgehead atoms. The summed E-state index contributed by atoms with van der Waals surface area (Å²) >= 11 is 0. The maximum Gasteiger partial charge on any atom is 0.339 e. The normalized spacial score (nSPS) is 38.0. The fraction of sp³-hybridized carbons (Fsp3) is 0.771. The second-order valence-electron chi connectivity index (χ2n) is 14.6. The molecule has 3 saturated carbocycles. The molecule has 1 aromatic heterocycles. The van der Waals surface area contributed by atoms with E-state index in [0.717, 1.165) is 60.7 Å². The van der Waals surface area contributed by atoms with Crippen LogP contribution < -0.4 is 0 Å². The highest BCUT2D eigenvalue weighted by molar-refractivity contribution is 5.89. The summed E-state index contributed by atoms with van der Waals surface area (Å²) in [7, 11) is 0.